The molecule has 0 aliphatic heterocycles. The Morgan fingerprint density at radius 2 is 1.90 bits per heavy atom. The number of hydrogen-bond acceptors (Lipinski definition) is 3. The number of rotatable bonds is 3. The van der Waals surface area contributed by atoms with Gasteiger partial charge in [-0.2, -0.15) is 0 Å². The number of nitrogens with zero attached hydrogens (tertiary/aromatic N) is 2. The molecule has 3 rings (SSSR count). The number of benzene rings is 1. The minimum Gasteiger partial charge on any atom is -0.497 e. The molecule has 5 nitrogen and oxygen atoms in total. The maximum absolute atomic E-state index is 11.6. The average molecular weight is 282 g/mol. The van der Waals surface area contributed by atoms with E-state index in [-0.39, 0.29) is 5.69 Å². The van der Waals surface area contributed by atoms with Crippen LogP contribution in [-0.4, -0.2) is 27.6 Å². The fourth-order valence-electron chi connectivity index (χ4n) is 2.31. The lowest BCUT2D eigenvalue weighted by Gasteiger charge is -2.03. The number of imidazole rings is 1. The first-order valence-electron chi connectivity index (χ1n) is 6.46. The molecule has 0 amide bonds. The lowest BCUT2D eigenvalue weighted by molar-refractivity contribution is 0.0690. The van der Waals surface area contributed by atoms with Gasteiger partial charge in [-0.15, -0.1) is 0 Å². The standard InChI is InChI=1S/C16H14N2O3/c1-10-3-8-13-17-14(15(16(19)20)18(13)9-10)11-4-6-12(21-2)7-5-11/h3-9H,1-2H3,(H,19,20). The molecule has 0 atom stereocenters. The van der Waals surface area contributed by atoms with Gasteiger partial charge in [-0.05, 0) is 42.8 Å². The number of aromatic nitrogens is 2. The van der Waals surface area contributed by atoms with Crippen LogP contribution in [0.1, 0.15) is 16.1 Å². The Kier molecular flexibility index (Phi) is 3.10. The van der Waals surface area contributed by atoms with Gasteiger partial charge in [-0.25, -0.2) is 9.78 Å². The molecule has 2 heterocycles. The van der Waals surface area contributed by atoms with Gasteiger partial charge in [0.1, 0.15) is 17.1 Å². The highest BCUT2D eigenvalue weighted by Gasteiger charge is 2.19. The van der Waals surface area contributed by atoms with Crippen molar-refractivity contribution in [3.8, 4) is 17.0 Å². The van der Waals surface area contributed by atoms with Crippen LogP contribution in [0.4, 0.5) is 0 Å². The van der Waals surface area contributed by atoms with Crippen LogP contribution in [0.5, 0.6) is 5.75 Å². The first-order chi connectivity index (χ1) is 10.1. The Hall–Kier alpha value is -2.82. The number of carbonyl (C=O) groups is 1. The summed E-state index contributed by atoms with van der Waals surface area (Å²) in [5.74, 6) is -0.283. The van der Waals surface area contributed by atoms with Crippen molar-refractivity contribution < 1.29 is 14.6 Å². The molecular weight excluding hydrogens is 268 g/mol. The summed E-state index contributed by atoms with van der Waals surface area (Å²) in [5.41, 5.74) is 2.96. The number of aromatic carboxylic acids is 1. The van der Waals surface area contributed by atoms with Crippen molar-refractivity contribution in [3.63, 3.8) is 0 Å². The zero-order chi connectivity index (χ0) is 15.0. The highest BCUT2D eigenvalue weighted by atomic mass is 16.5. The van der Waals surface area contributed by atoms with Crippen LogP contribution in [0.25, 0.3) is 16.9 Å². The summed E-state index contributed by atoms with van der Waals surface area (Å²) in [4.78, 5) is 16.1. The zero-order valence-electron chi connectivity index (χ0n) is 11.7. The number of hydrogen-bond donors (Lipinski definition) is 1. The van der Waals surface area contributed by atoms with E-state index in [1.165, 1.54) is 0 Å². The molecular formula is C16H14N2O3. The van der Waals surface area contributed by atoms with Gasteiger partial charge in [0.15, 0.2) is 5.69 Å². The normalized spacial score (nSPS) is 10.8. The second-order valence-electron chi connectivity index (χ2n) is 4.78. The Bertz CT molecular complexity index is 819. The quantitative estimate of drug-likeness (QED) is 0.802. The van der Waals surface area contributed by atoms with Crippen molar-refractivity contribution in [2.24, 2.45) is 0 Å². The largest absolute Gasteiger partial charge is 0.497 e. The Labute approximate surface area is 121 Å². The lowest BCUT2D eigenvalue weighted by atomic mass is 10.1. The van der Waals surface area contributed by atoms with Crippen molar-refractivity contribution in [3.05, 3.63) is 53.9 Å². The van der Waals surface area contributed by atoms with Crippen LogP contribution >= 0.6 is 0 Å². The molecule has 0 fully saturated rings. The van der Waals surface area contributed by atoms with Gasteiger partial charge in [-0.3, -0.25) is 4.40 Å². The van der Waals surface area contributed by atoms with E-state index in [1.54, 1.807) is 42.0 Å². The van der Waals surface area contributed by atoms with Gasteiger partial charge in [-0.1, -0.05) is 6.07 Å². The topological polar surface area (TPSA) is 63.8 Å². The molecule has 1 aromatic carbocycles. The maximum atomic E-state index is 11.6. The molecule has 0 saturated carbocycles. The summed E-state index contributed by atoms with van der Waals surface area (Å²) in [5, 5.41) is 9.52. The molecule has 3 aromatic rings. The fraction of sp³-hybridized carbons (Fsp3) is 0.125. The number of ether oxygens (including phenoxy) is 1. The summed E-state index contributed by atoms with van der Waals surface area (Å²) in [7, 11) is 1.59. The third-order valence-corrected chi connectivity index (χ3v) is 3.33. The Morgan fingerprint density at radius 3 is 2.52 bits per heavy atom. The van der Waals surface area contributed by atoms with Crippen molar-refractivity contribution >= 4 is 11.6 Å². The summed E-state index contributed by atoms with van der Waals surface area (Å²) < 4.78 is 6.72. The summed E-state index contributed by atoms with van der Waals surface area (Å²) >= 11 is 0. The predicted octanol–water partition coefficient (Wildman–Crippen LogP) is 3.02. The Morgan fingerprint density at radius 1 is 1.19 bits per heavy atom. The fourth-order valence-corrected chi connectivity index (χ4v) is 2.31. The van der Waals surface area contributed by atoms with E-state index < -0.39 is 5.97 Å². The van der Waals surface area contributed by atoms with E-state index in [1.807, 2.05) is 19.1 Å². The van der Waals surface area contributed by atoms with Crippen LogP contribution in [0.2, 0.25) is 0 Å². The minimum absolute atomic E-state index is 0.166. The van der Waals surface area contributed by atoms with Crippen LogP contribution in [0, 0.1) is 6.92 Å². The average Bonchev–Trinajstić information content (AvgIpc) is 2.86. The SMILES string of the molecule is COc1ccc(-c2nc3ccc(C)cn3c2C(=O)O)cc1. The van der Waals surface area contributed by atoms with E-state index in [9.17, 15) is 9.90 Å². The van der Waals surface area contributed by atoms with Crippen molar-refractivity contribution in [1.29, 1.82) is 0 Å². The van der Waals surface area contributed by atoms with Crippen LogP contribution < -0.4 is 4.74 Å². The number of carboxylic acid groups (broad SMARTS) is 1. The van der Waals surface area contributed by atoms with Crippen LogP contribution in [0.3, 0.4) is 0 Å². The van der Waals surface area contributed by atoms with Crippen LogP contribution in [0.15, 0.2) is 42.6 Å². The van der Waals surface area contributed by atoms with E-state index in [0.717, 1.165) is 16.9 Å². The third kappa shape index (κ3) is 2.23. The minimum atomic E-state index is -1.00. The molecule has 0 aliphatic carbocycles. The van der Waals surface area contributed by atoms with E-state index in [2.05, 4.69) is 4.98 Å². The molecule has 5 heteroatoms. The van der Waals surface area contributed by atoms with E-state index >= 15 is 0 Å². The molecule has 21 heavy (non-hydrogen) atoms. The smallest absolute Gasteiger partial charge is 0.355 e. The monoisotopic (exact) mass is 282 g/mol. The van der Waals surface area contributed by atoms with Gasteiger partial charge >= 0.3 is 5.97 Å². The number of pyridine rings is 1. The molecule has 0 saturated heterocycles. The molecule has 0 spiro atoms. The van der Waals surface area contributed by atoms with Gasteiger partial charge in [0.2, 0.25) is 0 Å². The molecule has 2 aromatic heterocycles. The first kappa shape index (κ1) is 13.2. The van der Waals surface area contributed by atoms with E-state index in [4.69, 9.17) is 4.74 Å². The third-order valence-electron chi connectivity index (χ3n) is 3.33. The van der Waals surface area contributed by atoms with Gasteiger partial charge < -0.3 is 9.84 Å². The number of aryl methyl sites for hydroxylation is 1. The number of carboxylic acids is 1. The van der Waals surface area contributed by atoms with Gasteiger partial charge in [0.25, 0.3) is 0 Å². The first-order valence-corrected chi connectivity index (χ1v) is 6.46. The van der Waals surface area contributed by atoms with Crippen LogP contribution in [-0.2, 0) is 0 Å². The van der Waals surface area contributed by atoms with Crippen molar-refractivity contribution in [2.75, 3.05) is 7.11 Å². The van der Waals surface area contributed by atoms with Crippen molar-refractivity contribution in [2.45, 2.75) is 6.92 Å². The molecule has 0 bridgehead atoms. The lowest BCUT2D eigenvalue weighted by Crippen LogP contribution is -2.03. The van der Waals surface area contributed by atoms with Crippen molar-refractivity contribution in [1.82, 2.24) is 9.38 Å². The zero-order valence-corrected chi connectivity index (χ0v) is 11.7. The number of fused-ring (bicyclic) bond motifs is 1. The summed E-state index contributed by atoms with van der Waals surface area (Å²) in [6, 6.07) is 10.9. The molecule has 0 aliphatic rings. The highest BCUT2D eigenvalue weighted by molar-refractivity contribution is 5.94. The molecule has 1 N–H and O–H groups in total. The highest BCUT2D eigenvalue weighted by Crippen LogP contribution is 2.26. The molecule has 106 valence electrons. The number of methoxy groups -OCH3 is 1. The summed E-state index contributed by atoms with van der Waals surface area (Å²) in [6.07, 6.45) is 1.78. The second kappa shape index (κ2) is 4.94. The van der Waals surface area contributed by atoms with Gasteiger partial charge in [0, 0.05) is 11.8 Å². The van der Waals surface area contributed by atoms with E-state index in [0.29, 0.717) is 11.3 Å². The maximum Gasteiger partial charge on any atom is 0.355 e. The second-order valence-corrected chi connectivity index (χ2v) is 4.78. The van der Waals surface area contributed by atoms with Gasteiger partial charge in [0.05, 0.1) is 7.11 Å². The molecule has 0 unspecified atom stereocenters. The summed E-state index contributed by atoms with van der Waals surface area (Å²) in [6.45, 7) is 1.91. The molecule has 0 radical (unpaired) electrons. The Balaban J connectivity index is 2.25. The predicted molar refractivity (Wildman–Crippen MR) is 78.9 cm³/mol.